The van der Waals surface area contributed by atoms with Crippen molar-refractivity contribution in [2.75, 3.05) is 5.75 Å². The van der Waals surface area contributed by atoms with E-state index in [1.807, 2.05) is 39.0 Å². The minimum absolute atomic E-state index is 0.0422. The third kappa shape index (κ3) is 3.60. The molecule has 2 aromatic rings. The third-order valence-corrected chi connectivity index (χ3v) is 4.61. The van der Waals surface area contributed by atoms with Crippen molar-refractivity contribution in [3.05, 3.63) is 23.8 Å². The molecule has 2 rings (SSSR count). The van der Waals surface area contributed by atoms with Crippen LogP contribution in [0.4, 0.5) is 0 Å². The maximum absolute atomic E-state index is 12.0. The summed E-state index contributed by atoms with van der Waals surface area (Å²) < 4.78 is 0. The number of aryl methyl sites for hydroxylation is 1. The largest absolute Gasteiger partial charge is 0.337 e. The van der Waals surface area contributed by atoms with E-state index in [0.29, 0.717) is 5.16 Å². The van der Waals surface area contributed by atoms with Gasteiger partial charge in [-0.15, -0.1) is 0 Å². The Hall–Kier alpha value is -2.00. The molecule has 1 unspecified atom stereocenters. The number of amides is 1. The number of rotatable bonds is 5. The van der Waals surface area contributed by atoms with Crippen molar-refractivity contribution in [3.8, 4) is 6.07 Å². The Morgan fingerprint density at radius 1 is 1.55 bits per heavy atom. The van der Waals surface area contributed by atoms with Crippen LogP contribution >= 0.6 is 11.8 Å². The molecular formula is C16H20N4OS. The van der Waals surface area contributed by atoms with Crippen molar-refractivity contribution < 1.29 is 4.79 Å². The molecule has 0 radical (unpaired) electrons. The first-order valence-electron chi connectivity index (χ1n) is 7.15. The van der Waals surface area contributed by atoms with Gasteiger partial charge in [0.15, 0.2) is 5.16 Å². The quantitative estimate of drug-likeness (QED) is 0.831. The number of hydrogen-bond acceptors (Lipinski definition) is 4. The molecule has 1 atom stereocenters. The van der Waals surface area contributed by atoms with E-state index >= 15 is 0 Å². The van der Waals surface area contributed by atoms with Gasteiger partial charge in [0.25, 0.3) is 0 Å². The summed E-state index contributed by atoms with van der Waals surface area (Å²) in [6.07, 6.45) is 0. The first-order chi connectivity index (χ1) is 10.3. The summed E-state index contributed by atoms with van der Waals surface area (Å²) in [7, 11) is 0. The third-order valence-electron chi connectivity index (χ3n) is 3.74. The Bertz CT molecular complexity index is 731. The number of thioether (sulfide) groups is 1. The highest BCUT2D eigenvalue weighted by Gasteiger charge is 2.29. The molecule has 1 heterocycles. The number of fused-ring (bicyclic) bond motifs is 1. The highest BCUT2D eigenvalue weighted by molar-refractivity contribution is 7.99. The zero-order chi connectivity index (χ0) is 16.3. The maximum Gasteiger partial charge on any atom is 0.231 e. The molecule has 0 saturated carbocycles. The highest BCUT2D eigenvalue weighted by atomic mass is 32.2. The zero-order valence-corrected chi connectivity index (χ0v) is 14.0. The predicted molar refractivity (Wildman–Crippen MR) is 88.6 cm³/mol. The molecule has 0 spiro atoms. The lowest BCUT2D eigenvalue weighted by Crippen LogP contribution is -2.49. The van der Waals surface area contributed by atoms with Crippen molar-refractivity contribution in [3.63, 3.8) is 0 Å². The summed E-state index contributed by atoms with van der Waals surface area (Å²) in [5.74, 6) is 0.100. The van der Waals surface area contributed by atoms with E-state index in [9.17, 15) is 10.1 Å². The zero-order valence-electron chi connectivity index (χ0n) is 13.2. The van der Waals surface area contributed by atoms with Crippen LogP contribution in [0.15, 0.2) is 23.4 Å². The summed E-state index contributed by atoms with van der Waals surface area (Å²) in [6, 6.07) is 8.16. The second kappa shape index (κ2) is 6.41. The van der Waals surface area contributed by atoms with Crippen molar-refractivity contribution in [2.24, 2.45) is 5.92 Å². The van der Waals surface area contributed by atoms with Crippen LogP contribution in [0.2, 0.25) is 0 Å². The monoisotopic (exact) mass is 316 g/mol. The average molecular weight is 316 g/mol. The van der Waals surface area contributed by atoms with Crippen LogP contribution in [0.3, 0.4) is 0 Å². The lowest BCUT2D eigenvalue weighted by Gasteiger charge is -2.27. The van der Waals surface area contributed by atoms with Crippen LogP contribution in [0.5, 0.6) is 0 Å². The van der Waals surface area contributed by atoms with E-state index in [2.05, 4.69) is 21.4 Å². The number of hydrogen-bond donors (Lipinski definition) is 2. The topological polar surface area (TPSA) is 81.6 Å². The SMILES string of the molecule is Cc1ccc2nc(SCC(=O)NC(C)(C#N)C(C)C)[nH]c2c1. The number of nitriles is 1. The first kappa shape index (κ1) is 16.4. The van der Waals surface area contributed by atoms with Gasteiger partial charge in [-0.1, -0.05) is 31.7 Å². The van der Waals surface area contributed by atoms with Crippen molar-refractivity contribution in [1.29, 1.82) is 5.26 Å². The molecular weight excluding hydrogens is 296 g/mol. The number of H-pyrrole nitrogens is 1. The van der Waals surface area contributed by atoms with Crippen LogP contribution in [0.25, 0.3) is 11.0 Å². The van der Waals surface area contributed by atoms with Gasteiger partial charge >= 0.3 is 0 Å². The molecule has 2 N–H and O–H groups in total. The van der Waals surface area contributed by atoms with Gasteiger partial charge in [-0.3, -0.25) is 4.79 Å². The summed E-state index contributed by atoms with van der Waals surface area (Å²) in [4.78, 5) is 19.7. The molecule has 6 heteroatoms. The molecule has 0 fully saturated rings. The molecule has 0 bridgehead atoms. The molecule has 22 heavy (non-hydrogen) atoms. The van der Waals surface area contributed by atoms with E-state index in [0.717, 1.165) is 16.6 Å². The Balaban J connectivity index is 1.99. The van der Waals surface area contributed by atoms with E-state index < -0.39 is 5.54 Å². The van der Waals surface area contributed by atoms with E-state index in [4.69, 9.17) is 0 Å². The molecule has 0 aliphatic rings. The smallest absolute Gasteiger partial charge is 0.231 e. The fourth-order valence-electron chi connectivity index (χ4n) is 1.93. The molecule has 0 saturated heterocycles. The molecule has 0 aliphatic carbocycles. The number of aromatic amines is 1. The number of nitrogens with one attached hydrogen (secondary N) is 2. The summed E-state index contributed by atoms with van der Waals surface area (Å²) >= 11 is 1.33. The molecule has 1 aromatic carbocycles. The van der Waals surface area contributed by atoms with Crippen molar-refractivity contribution in [1.82, 2.24) is 15.3 Å². The second-order valence-electron chi connectivity index (χ2n) is 5.87. The van der Waals surface area contributed by atoms with Gasteiger partial charge in [-0.2, -0.15) is 5.26 Å². The Morgan fingerprint density at radius 3 is 2.91 bits per heavy atom. The minimum atomic E-state index is -0.845. The Morgan fingerprint density at radius 2 is 2.27 bits per heavy atom. The highest BCUT2D eigenvalue weighted by Crippen LogP contribution is 2.21. The number of benzene rings is 1. The van der Waals surface area contributed by atoms with E-state index in [-0.39, 0.29) is 17.6 Å². The van der Waals surface area contributed by atoms with Gasteiger partial charge in [0, 0.05) is 0 Å². The summed E-state index contributed by atoms with van der Waals surface area (Å²) in [5, 5.41) is 12.7. The number of aromatic nitrogens is 2. The van der Waals surface area contributed by atoms with Gasteiger partial charge in [0.1, 0.15) is 5.54 Å². The molecule has 1 aromatic heterocycles. The Labute approximate surface area is 134 Å². The minimum Gasteiger partial charge on any atom is -0.337 e. The second-order valence-corrected chi connectivity index (χ2v) is 6.83. The maximum atomic E-state index is 12.0. The van der Waals surface area contributed by atoms with E-state index in [1.54, 1.807) is 6.92 Å². The van der Waals surface area contributed by atoms with Gasteiger partial charge in [0.05, 0.1) is 22.9 Å². The number of nitrogens with zero attached hydrogens (tertiary/aromatic N) is 2. The fourth-order valence-corrected chi connectivity index (χ4v) is 2.61. The van der Waals surface area contributed by atoms with Crippen LogP contribution in [0.1, 0.15) is 26.3 Å². The lowest BCUT2D eigenvalue weighted by atomic mass is 9.90. The summed E-state index contributed by atoms with van der Waals surface area (Å²) in [5.41, 5.74) is 2.17. The molecule has 1 amide bonds. The average Bonchev–Trinajstić information content (AvgIpc) is 2.86. The van der Waals surface area contributed by atoms with Gasteiger partial charge in [-0.25, -0.2) is 4.98 Å². The standard InChI is InChI=1S/C16H20N4OS/c1-10(2)16(4,9-17)20-14(21)8-22-15-18-12-6-5-11(3)7-13(12)19-15/h5-7,10H,8H2,1-4H3,(H,18,19)(H,20,21). The van der Waals surface area contributed by atoms with Crippen LogP contribution in [0, 0.1) is 24.2 Å². The van der Waals surface area contributed by atoms with Crippen molar-refractivity contribution >= 4 is 28.7 Å². The fraction of sp³-hybridized carbons (Fsp3) is 0.438. The predicted octanol–water partition coefficient (Wildman–Crippen LogP) is 3.02. The first-order valence-corrected chi connectivity index (χ1v) is 8.14. The van der Waals surface area contributed by atoms with Gasteiger partial charge in [-0.05, 0) is 37.5 Å². The van der Waals surface area contributed by atoms with E-state index in [1.165, 1.54) is 11.8 Å². The summed E-state index contributed by atoms with van der Waals surface area (Å²) in [6.45, 7) is 7.59. The molecule has 5 nitrogen and oxygen atoms in total. The van der Waals surface area contributed by atoms with Gasteiger partial charge in [0.2, 0.25) is 5.91 Å². The van der Waals surface area contributed by atoms with Crippen LogP contribution < -0.4 is 5.32 Å². The van der Waals surface area contributed by atoms with Crippen molar-refractivity contribution in [2.45, 2.75) is 38.4 Å². The number of imidazole rings is 1. The molecule has 116 valence electrons. The lowest BCUT2D eigenvalue weighted by molar-refractivity contribution is -0.120. The van der Waals surface area contributed by atoms with Crippen LogP contribution in [-0.4, -0.2) is 27.2 Å². The molecule has 0 aliphatic heterocycles. The Kier molecular flexibility index (Phi) is 4.77. The number of carbonyl (C=O) groups excluding carboxylic acids is 1. The normalized spacial score (nSPS) is 13.8. The van der Waals surface area contributed by atoms with Gasteiger partial charge < -0.3 is 10.3 Å². The van der Waals surface area contributed by atoms with Crippen LogP contribution in [-0.2, 0) is 4.79 Å². The number of carbonyl (C=O) groups is 1.